The van der Waals surface area contributed by atoms with Crippen LogP contribution in [0.25, 0.3) is 6.08 Å². The molecule has 0 aliphatic rings. The van der Waals surface area contributed by atoms with Gasteiger partial charge in [-0.15, -0.1) is 0 Å². The van der Waals surface area contributed by atoms with Gasteiger partial charge in [-0.3, -0.25) is 0 Å². The summed E-state index contributed by atoms with van der Waals surface area (Å²) in [7, 11) is 3.98. The van der Waals surface area contributed by atoms with Crippen LogP contribution < -0.4 is 4.90 Å². The Hall–Kier alpha value is -2.16. The average Bonchev–Trinajstić information content (AvgIpc) is 2.42. The minimum absolute atomic E-state index is 0.446. The van der Waals surface area contributed by atoms with Gasteiger partial charge in [0.2, 0.25) is 0 Å². The number of rotatable bonds is 4. The largest absolute Gasteiger partial charge is 0.378 e. The Kier molecular flexibility index (Phi) is 4.51. The quantitative estimate of drug-likeness (QED) is 0.803. The highest BCUT2D eigenvalue weighted by molar-refractivity contribution is 5.55. The molecule has 0 N–H and O–H groups in total. The number of anilines is 1. The van der Waals surface area contributed by atoms with Crippen LogP contribution in [0.1, 0.15) is 11.1 Å². The second-order valence-corrected chi connectivity index (χ2v) is 4.83. The van der Waals surface area contributed by atoms with Crippen molar-refractivity contribution in [2.75, 3.05) is 19.0 Å². The van der Waals surface area contributed by atoms with Crippen LogP contribution in [-0.4, -0.2) is 14.1 Å². The first-order valence-corrected chi connectivity index (χ1v) is 6.44. The van der Waals surface area contributed by atoms with Crippen molar-refractivity contribution in [3.63, 3.8) is 0 Å². The monoisotopic (exact) mass is 273 g/mol. The highest BCUT2D eigenvalue weighted by Crippen LogP contribution is 2.14. The van der Waals surface area contributed by atoms with E-state index < -0.39 is 11.6 Å². The molecule has 0 saturated carbocycles. The molecule has 104 valence electrons. The molecule has 2 aromatic rings. The maximum Gasteiger partial charge on any atom is 0.129 e. The van der Waals surface area contributed by atoms with E-state index in [0.29, 0.717) is 12.0 Å². The summed E-state index contributed by atoms with van der Waals surface area (Å²) in [5.41, 5.74) is 2.68. The molecule has 2 rings (SSSR count). The molecule has 0 heterocycles. The van der Waals surface area contributed by atoms with E-state index in [1.807, 2.05) is 55.4 Å². The first kappa shape index (κ1) is 14.3. The first-order valence-electron chi connectivity index (χ1n) is 6.44. The van der Waals surface area contributed by atoms with Crippen LogP contribution in [-0.2, 0) is 6.42 Å². The Labute approximate surface area is 118 Å². The molecule has 0 spiro atoms. The maximum atomic E-state index is 13.4. The predicted molar refractivity (Wildman–Crippen MR) is 79.9 cm³/mol. The standard InChI is InChI=1S/C17H17F2N/c1-20(2)16-10-6-13(7-11-16)4-3-5-14-8-9-15(18)12-17(14)19/h3-4,6-12H,5H2,1-2H3/b4-3+. The number of hydrogen-bond acceptors (Lipinski definition) is 1. The average molecular weight is 273 g/mol. The van der Waals surface area contributed by atoms with Crippen LogP contribution >= 0.6 is 0 Å². The maximum absolute atomic E-state index is 13.4. The van der Waals surface area contributed by atoms with Crippen molar-refractivity contribution in [2.24, 2.45) is 0 Å². The van der Waals surface area contributed by atoms with Crippen LogP contribution in [0, 0.1) is 11.6 Å². The van der Waals surface area contributed by atoms with Crippen LogP contribution in [0.4, 0.5) is 14.5 Å². The van der Waals surface area contributed by atoms with Crippen molar-refractivity contribution in [2.45, 2.75) is 6.42 Å². The summed E-state index contributed by atoms with van der Waals surface area (Å²) in [6.45, 7) is 0. The lowest BCUT2D eigenvalue weighted by Gasteiger charge is -2.11. The Morgan fingerprint density at radius 3 is 2.30 bits per heavy atom. The molecule has 0 fully saturated rings. The first-order chi connectivity index (χ1) is 9.56. The number of halogens is 2. The number of hydrogen-bond donors (Lipinski definition) is 0. The topological polar surface area (TPSA) is 3.24 Å². The van der Waals surface area contributed by atoms with Crippen molar-refractivity contribution in [1.29, 1.82) is 0 Å². The Bertz CT molecular complexity index is 601. The van der Waals surface area contributed by atoms with Gasteiger partial charge in [0.25, 0.3) is 0 Å². The van der Waals surface area contributed by atoms with E-state index in [1.54, 1.807) is 0 Å². The molecule has 2 aromatic carbocycles. The molecule has 0 unspecified atom stereocenters. The smallest absolute Gasteiger partial charge is 0.129 e. The Morgan fingerprint density at radius 2 is 1.70 bits per heavy atom. The molecule has 0 aliphatic heterocycles. The highest BCUT2D eigenvalue weighted by Gasteiger charge is 2.01. The van der Waals surface area contributed by atoms with Gasteiger partial charge in [-0.25, -0.2) is 8.78 Å². The van der Waals surface area contributed by atoms with Crippen LogP contribution in [0.15, 0.2) is 48.5 Å². The molecule has 0 radical (unpaired) electrons. The van der Waals surface area contributed by atoms with Gasteiger partial charge in [-0.1, -0.05) is 30.4 Å². The fraction of sp³-hybridized carbons (Fsp3) is 0.176. The molecular weight excluding hydrogens is 256 g/mol. The fourth-order valence-corrected chi connectivity index (χ4v) is 1.89. The third kappa shape index (κ3) is 3.67. The van der Waals surface area contributed by atoms with Gasteiger partial charge < -0.3 is 4.90 Å². The number of benzene rings is 2. The van der Waals surface area contributed by atoms with E-state index >= 15 is 0 Å². The van der Waals surface area contributed by atoms with Crippen LogP contribution in [0.3, 0.4) is 0 Å². The minimum atomic E-state index is -0.547. The van der Waals surface area contributed by atoms with Crippen LogP contribution in [0.2, 0.25) is 0 Å². The highest BCUT2D eigenvalue weighted by atomic mass is 19.1. The summed E-state index contributed by atoms with van der Waals surface area (Å²) >= 11 is 0. The van der Waals surface area contributed by atoms with E-state index in [1.165, 1.54) is 12.1 Å². The van der Waals surface area contributed by atoms with Gasteiger partial charge in [0.05, 0.1) is 0 Å². The van der Waals surface area contributed by atoms with E-state index in [2.05, 4.69) is 0 Å². The second-order valence-electron chi connectivity index (χ2n) is 4.83. The summed E-state index contributed by atoms with van der Waals surface area (Å²) < 4.78 is 26.2. The molecule has 1 nitrogen and oxygen atoms in total. The third-order valence-electron chi connectivity index (χ3n) is 3.07. The Balaban J connectivity index is 2.02. The molecule has 3 heteroatoms. The summed E-state index contributed by atoms with van der Waals surface area (Å²) in [6, 6.07) is 11.7. The molecule has 0 aliphatic carbocycles. The predicted octanol–water partition coefficient (Wildman–Crippen LogP) is 4.29. The van der Waals surface area contributed by atoms with Gasteiger partial charge in [0, 0.05) is 25.8 Å². The minimum Gasteiger partial charge on any atom is -0.378 e. The molecule has 0 amide bonds. The fourth-order valence-electron chi connectivity index (χ4n) is 1.89. The lowest BCUT2D eigenvalue weighted by Crippen LogP contribution is -2.07. The van der Waals surface area contributed by atoms with Crippen molar-refractivity contribution >= 4 is 11.8 Å². The van der Waals surface area contributed by atoms with Gasteiger partial charge >= 0.3 is 0 Å². The van der Waals surface area contributed by atoms with E-state index in [-0.39, 0.29) is 0 Å². The van der Waals surface area contributed by atoms with Gasteiger partial charge in [0.15, 0.2) is 0 Å². The molecule has 20 heavy (non-hydrogen) atoms. The van der Waals surface area contributed by atoms with Gasteiger partial charge in [-0.2, -0.15) is 0 Å². The number of nitrogens with zero attached hydrogens (tertiary/aromatic N) is 1. The van der Waals surface area contributed by atoms with Crippen molar-refractivity contribution in [1.82, 2.24) is 0 Å². The summed E-state index contributed by atoms with van der Waals surface area (Å²) in [5, 5.41) is 0. The van der Waals surface area contributed by atoms with Gasteiger partial charge in [-0.05, 0) is 35.7 Å². The molecular formula is C17H17F2N. The normalized spacial score (nSPS) is 11.0. The van der Waals surface area contributed by atoms with E-state index in [9.17, 15) is 8.78 Å². The number of allylic oxidation sites excluding steroid dienone is 1. The van der Waals surface area contributed by atoms with E-state index in [4.69, 9.17) is 0 Å². The zero-order valence-corrected chi connectivity index (χ0v) is 11.6. The molecule has 0 aromatic heterocycles. The molecule has 0 atom stereocenters. The van der Waals surface area contributed by atoms with E-state index in [0.717, 1.165) is 17.3 Å². The lowest BCUT2D eigenvalue weighted by atomic mass is 10.1. The molecule has 0 bridgehead atoms. The summed E-state index contributed by atoms with van der Waals surface area (Å²) in [4.78, 5) is 2.03. The molecule has 0 saturated heterocycles. The van der Waals surface area contributed by atoms with Gasteiger partial charge in [0.1, 0.15) is 11.6 Å². The summed E-state index contributed by atoms with van der Waals surface area (Å²) in [6.07, 6.45) is 4.25. The van der Waals surface area contributed by atoms with Crippen molar-refractivity contribution in [3.8, 4) is 0 Å². The third-order valence-corrected chi connectivity index (χ3v) is 3.07. The zero-order valence-electron chi connectivity index (χ0n) is 11.6. The summed E-state index contributed by atoms with van der Waals surface area (Å²) in [5.74, 6) is -1.05. The van der Waals surface area contributed by atoms with Crippen molar-refractivity contribution in [3.05, 3.63) is 71.3 Å². The van der Waals surface area contributed by atoms with Crippen molar-refractivity contribution < 1.29 is 8.78 Å². The zero-order chi connectivity index (χ0) is 14.5. The second kappa shape index (κ2) is 6.33. The lowest BCUT2D eigenvalue weighted by molar-refractivity contribution is 0.575. The SMILES string of the molecule is CN(C)c1ccc(/C=C/Cc2ccc(F)cc2F)cc1. The Morgan fingerprint density at radius 1 is 1.00 bits per heavy atom. The van der Waals surface area contributed by atoms with Crippen LogP contribution in [0.5, 0.6) is 0 Å².